The number of aliphatic carboxylic acids is 1. The molecule has 0 saturated carbocycles. The molecule has 0 heterocycles. The van der Waals surface area contributed by atoms with Crippen LogP contribution in [0.5, 0.6) is 5.75 Å². The van der Waals surface area contributed by atoms with Gasteiger partial charge in [0.2, 0.25) is 0 Å². The molecule has 0 saturated heterocycles. The van der Waals surface area contributed by atoms with E-state index in [2.05, 4.69) is 5.32 Å². The SMILES string of the molecule is CCNC(CCC(=O)O)C(=O)c1cc(C)ccc1OC. The van der Waals surface area contributed by atoms with Crippen molar-refractivity contribution in [2.75, 3.05) is 13.7 Å². The highest BCUT2D eigenvalue weighted by Gasteiger charge is 2.23. The van der Waals surface area contributed by atoms with Crippen molar-refractivity contribution in [1.82, 2.24) is 5.32 Å². The number of hydrogen-bond acceptors (Lipinski definition) is 4. The van der Waals surface area contributed by atoms with E-state index in [1.807, 2.05) is 19.9 Å². The second kappa shape index (κ2) is 7.65. The first kappa shape index (κ1) is 16.2. The van der Waals surface area contributed by atoms with Crippen molar-refractivity contribution < 1.29 is 19.4 Å². The molecule has 5 nitrogen and oxygen atoms in total. The van der Waals surface area contributed by atoms with Gasteiger partial charge in [-0.15, -0.1) is 0 Å². The Morgan fingerprint density at radius 1 is 1.40 bits per heavy atom. The summed E-state index contributed by atoms with van der Waals surface area (Å²) in [5.41, 5.74) is 1.45. The van der Waals surface area contributed by atoms with Gasteiger partial charge in [-0.2, -0.15) is 0 Å². The lowest BCUT2D eigenvalue weighted by Crippen LogP contribution is -2.37. The largest absolute Gasteiger partial charge is 0.496 e. The van der Waals surface area contributed by atoms with E-state index in [0.717, 1.165) is 5.56 Å². The van der Waals surface area contributed by atoms with Crippen molar-refractivity contribution in [2.45, 2.75) is 32.7 Å². The standard InChI is InChI=1S/C15H21NO4/c1-4-16-12(6-8-14(17)18)15(19)11-9-10(2)5-7-13(11)20-3/h5,7,9,12,16H,4,6,8H2,1-3H3,(H,17,18). The van der Waals surface area contributed by atoms with Crippen LogP contribution in [0.1, 0.15) is 35.7 Å². The molecular weight excluding hydrogens is 258 g/mol. The molecule has 0 amide bonds. The van der Waals surface area contributed by atoms with Crippen LogP contribution in [0.4, 0.5) is 0 Å². The molecule has 0 aliphatic heterocycles. The second-order valence-electron chi connectivity index (χ2n) is 4.61. The number of ketones is 1. The van der Waals surface area contributed by atoms with Gasteiger partial charge in [-0.25, -0.2) is 0 Å². The number of likely N-dealkylation sites (N-methyl/N-ethyl adjacent to an activating group) is 1. The molecule has 20 heavy (non-hydrogen) atoms. The third-order valence-electron chi connectivity index (χ3n) is 3.03. The molecule has 0 spiro atoms. The molecule has 0 bridgehead atoms. The molecule has 1 rings (SSSR count). The molecule has 1 unspecified atom stereocenters. The average molecular weight is 279 g/mol. The molecule has 0 aliphatic carbocycles. The van der Waals surface area contributed by atoms with Crippen LogP contribution >= 0.6 is 0 Å². The maximum Gasteiger partial charge on any atom is 0.303 e. The number of ether oxygens (including phenoxy) is 1. The first-order valence-electron chi connectivity index (χ1n) is 6.63. The number of rotatable bonds is 8. The van der Waals surface area contributed by atoms with Crippen LogP contribution in [0, 0.1) is 6.92 Å². The molecule has 0 fully saturated rings. The molecule has 0 aliphatic rings. The molecule has 5 heteroatoms. The number of carboxylic acids is 1. The normalized spacial score (nSPS) is 11.9. The van der Waals surface area contributed by atoms with Gasteiger partial charge in [0, 0.05) is 6.42 Å². The number of Topliss-reactive ketones (excluding diaryl/α,β-unsaturated/α-hetero) is 1. The van der Waals surface area contributed by atoms with E-state index < -0.39 is 12.0 Å². The zero-order valence-corrected chi connectivity index (χ0v) is 12.1. The summed E-state index contributed by atoms with van der Waals surface area (Å²) in [6.07, 6.45) is 0.219. The molecule has 0 aromatic heterocycles. The van der Waals surface area contributed by atoms with Gasteiger partial charge in [-0.1, -0.05) is 18.6 Å². The third kappa shape index (κ3) is 4.35. The van der Waals surface area contributed by atoms with Crippen molar-refractivity contribution in [3.8, 4) is 5.75 Å². The minimum Gasteiger partial charge on any atom is -0.496 e. The fraction of sp³-hybridized carbons (Fsp3) is 0.467. The van der Waals surface area contributed by atoms with Gasteiger partial charge in [0.1, 0.15) is 5.75 Å². The summed E-state index contributed by atoms with van der Waals surface area (Å²) in [6.45, 7) is 4.38. The highest BCUT2D eigenvalue weighted by molar-refractivity contribution is 6.02. The zero-order chi connectivity index (χ0) is 15.1. The van der Waals surface area contributed by atoms with Crippen LogP contribution in [-0.4, -0.2) is 36.6 Å². The fourth-order valence-corrected chi connectivity index (χ4v) is 2.04. The van der Waals surface area contributed by atoms with Gasteiger partial charge in [0.15, 0.2) is 5.78 Å². The lowest BCUT2D eigenvalue weighted by atomic mass is 9.98. The molecular formula is C15H21NO4. The summed E-state index contributed by atoms with van der Waals surface area (Å²) in [4.78, 5) is 23.2. The van der Waals surface area contributed by atoms with E-state index in [9.17, 15) is 9.59 Å². The Balaban J connectivity index is 2.98. The summed E-state index contributed by atoms with van der Waals surface area (Å²) in [5, 5.41) is 11.8. The Morgan fingerprint density at radius 3 is 2.65 bits per heavy atom. The predicted molar refractivity (Wildman–Crippen MR) is 76.4 cm³/mol. The summed E-state index contributed by atoms with van der Waals surface area (Å²) < 4.78 is 5.21. The first-order valence-corrected chi connectivity index (χ1v) is 6.63. The highest BCUT2D eigenvalue weighted by atomic mass is 16.5. The van der Waals surface area contributed by atoms with E-state index in [0.29, 0.717) is 17.9 Å². The number of benzene rings is 1. The lowest BCUT2D eigenvalue weighted by Gasteiger charge is -2.17. The van der Waals surface area contributed by atoms with Crippen molar-refractivity contribution in [3.05, 3.63) is 29.3 Å². The van der Waals surface area contributed by atoms with Gasteiger partial charge in [-0.05, 0) is 32.0 Å². The van der Waals surface area contributed by atoms with E-state index in [4.69, 9.17) is 9.84 Å². The lowest BCUT2D eigenvalue weighted by molar-refractivity contribution is -0.137. The summed E-state index contributed by atoms with van der Waals surface area (Å²) in [6, 6.07) is 4.89. The monoisotopic (exact) mass is 279 g/mol. The topological polar surface area (TPSA) is 75.6 Å². The van der Waals surface area contributed by atoms with Gasteiger partial charge in [0.25, 0.3) is 0 Å². The average Bonchev–Trinajstić information content (AvgIpc) is 2.42. The Bertz CT molecular complexity index is 485. The number of carbonyl (C=O) groups excluding carboxylic acids is 1. The van der Waals surface area contributed by atoms with Crippen molar-refractivity contribution >= 4 is 11.8 Å². The highest BCUT2D eigenvalue weighted by Crippen LogP contribution is 2.22. The van der Waals surface area contributed by atoms with E-state index in [1.54, 1.807) is 12.1 Å². The Hall–Kier alpha value is -1.88. The van der Waals surface area contributed by atoms with Gasteiger partial charge >= 0.3 is 5.97 Å². The van der Waals surface area contributed by atoms with Crippen molar-refractivity contribution in [2.24, 2.45) is 0 Å². The number of hydrogen-bond donors (Lipinski definition) is 2. The minimum absolute atomic E-state index is 0.0441. The second-order valence-corrected chi connectivity index (χ2v) is 4.61. The van der Waals surface area contributed by atoms with Crippen LogP contribution in [0.25, 0.3) is 0 Å². The van der Waals surface area contributed by atoms with Crippen LogP contribution in [0.3, 0.4) is 0 Å². The number of carbonyl (C=O) groups is 2. The fourth-order valence-electron chi connectivity index (χ4n) is 2.04. The van der Waals surface area contributed by atoms with E-state index >= 15 is 0 Å². The molecule has 1 atom stereocenters. The van der Waals surface area contributed by atoms with Crippen LogP contribution in [0.2, 0.25) is 0 Å². The maximum atomic E-state index is 12.5. The number of carboxylic acid groups (broad SMARTS) is 1. The Kier molecular flexibility index (Phi) is 6.18. The summed E-state index contributed by atoms with van der Waals surface area (Å²) >= 11 is 0. The van der Waals surface area contributed by atoms with Crippen LogP contribution in [-0.2, 0) is 4.79 Å². The molecule has 0 radical (unpaired) electrons. The summed E-state index contributed by atoms with van der Waals surface area (Å²) in [7, 11) is 1.51. The number of aryl methyl sites for hydroxylation is 1. The maximum absolute atomic E-state index is 12.5. The van der Waals surface area contributed by atoms with Crippen LogP contribution in [0.15, 0.2) is 18.2 Å². The molecule has 1 aromatic carbocycles. The first-order chi connectivity index (χ1) is 9.49. The van der Waals surface area contributed by atoms with Gasteiger partial charge < -0.3 is 15.2 Å². The van der Waals surface area contributed by atoms with Gasteiger partial charge in [-0.3, -0.25) is 9.59 Å². The van der Waals surface area contributed by atoms with E-state index in [1.165, 1.54) is 7.11 Å². The Labute approximate surface area is 118 Å². The predicted octanol–water partition coefficient (Wildman–Crippen LogP) is 2.03. The number of methoxy groups -OCH3 is 1. The van der Waals surface area contributed by atoms with Crippen LogP contribution < -0.4 is 10.1 Å². The smallest absolute Gasteiger partial charge is 0.303 e. The van der Waals surface area contributed by atoms with Crippen molar-refractivity contribution in [1.29, 1.82) is 0 Å². The van der Waals surface area contributed by atoms with E-state index in [-0.39, 0.29) is 18.6 Å². The molecule has 110 valence electrons. The summed E-state index contributed by atoms with van der Waals surface area (Å²) in [5.74, 6) is -0.524. The molecule has 1 aromatic rings. The van der Waals surface area contributed by atoms with Gasteiger partial charge in [0.05, 0.1) is 18.7 Å². The number of nitrogens with one attached hydrogen (secondary N) is 1. The minimum atomic E-state index is -0.906. The quantitative estimate of drug-likeness (QED) is 0.712. The van der Waals surface area contributed by atoms with Crippen molar-refractivity contribution in [3.63, 3.8) is 0 Å². The molecule has 2 N–H and O–H groups in total. The zero-order valence-electron chi connectivity index (χ0n) is 12.1. The Morgan fingerprint density at radius 2 is 2.10 bits per heavy atom. The third-order valence-corrected chi connectivity index (χ3v) is 3.03.